The number of hydrogen-bond donors (Lipinski definition) is 1. The number of amides is 1. The van der Waals surface area contributed by atoms with Crippen LogP contribution in [0.2, 0.25) is 5.02 Å². The molecule has 1 aromatic heterocycles. The summed E-state index contributed by atoms with van der Waals surface area (Å²) in [6.45, 7) is 2.59. The van der Waals surface area contributed by atoms with E-state index in [1.165, 1.54) is 6.08 Å². The summed E-state index contributed by atoms with van der Waals surface area (Å²) in [6, 6.07) is 3.94. The van der Waals surface area contributed by atoms with Crippen LogP contribution in [0.15, 0.2) is 36.9 Å². The van der Waals surface area contributed by atoms with Gasteiger partial charge in [-0.3, -0.25) is 4.79 Å². The van der Waals surface area contributed by atoms with Crippen LogP contribution in [0.25, 0.3) is 6.08 Å². The second kappa shape index (κ2) is 9.64. The van der Waals surface area contributed by atoms with Crippen molar-refractivity contribution < 1.29 is 14.3 Å². The largest absolute Gasteiger partial charge is 0.493 e. The highest BCUT2D eigenvalue weighted by atomic mass is 35.5. The molecule has 2 atom stereocenters. The molecule has 1 fully saturated rings. The van der Waals surface area contributed by atoms with Gasteiger partial charge < -0.3 is 19.4 Å². The Balaban J connectivity index is 1.66. The first kappa shape index (κ1) is 20.3. The normalized spacial score (nSPS) is 19.1. The molecule has 1 aliphatic carbocycles. The van der Waals surface area contributed by atoms with E-state index in [1.54, 1.807) is 31.8 Å². The lowest BCUT2D eigenvalue weighted by molar-refractivity contribution is -0.117. The number of carbonyl (C=O) groups is 1. The van der Waals surface area contributed by atoms with E-state index in [0.29, 0.717) is 23.1 Å². The summed E-state index contributed by atoms with van der Waals surface area (Å²) in [7, 11) is 1.57. The number of carbonyl (C=O) groups excluding carboxylic acids is 1. The van der Waals surface area contributed by atoms with E-state index in [2.05, 4.69) is 14.9 Å². The van der Waals surface area contributed by atoms with Crippen molar-refractivity contribution in [2.75, 3.05) is 13.7 Å². The molecule has 150 valence electrons. The zero-order valence-electron chi connectivity index (χ0n) is 16.2. The van der Waals surface area contributed by atoms with E-state index in [4.69, 9.17) is 21.1 Å². The van der Waals surface area contributed by atoms with Crippen LogP contribution >= 0.6 is 11.6 Å². The molecule has 1 aromatic carbocycles. The minimum atomic E-state index is -0.126. The molecular formula is C21H26ClN3O3. The van der Waals surface area contributed by atoms with Gasteiger partial charge in [0.2, 0.25) is 5.91 Å². The molecular weight excluding hydrogens is 378 g/mol. The first-order valence-corrected chi connectivity index (χ1v) is 9.96. The Morgan fingerprint density at radius 3 is 3.00 bits per heavy atom. The number of ether oxygens (including phenoxy) is 2. The van der Waals surface area contributed by atoms with Crippen LogP contribution < -0.4 is 14.8 Å². The molecule has 0 radical (unpaired) electrons. The predicted molar refractivity (Wildman–Crippen MR) is 110 cm³/mol. The predicted octanol–water partition coefficient (Wildman–Crippen LogP) is 4.26. The lowest BCUT2D eigenvalue weighted by Crippen LogP contribution is -2.37. The third kappa shape index (κ3) is 4.87. The Morgan fingerprint density at radius 1 is 1.43 bits per heavy atom. The van der Waals surface area contributed by atoms with Crippen molar-refractivity contribution in [3.8, 4) is 11.5 Å². The molecule has 6 nitrogen and oxygen atoms in total. The Bertz CT molecular complexity index is 821. The van der Waals surface area contributed by atoms with Crippen molar-refractivity contribution in [2.24, 2.45) is 0 Å². The molecule has 0 spiro atoms. The number of nitrogens with zero attached hydrogens (tertiary/aromatic N) is 2. The van der Waals surface area contributed by atoms with Crippen molar-refractivity contribution in [3.63, 3.8) is 0 Å². The van der Waals surface area contributed by atoms with E-state index in [0.717, 1.165) is 31.2 Å². The third-order valence-electron chi connectivity index (χ3n) is 4.84. The molecule has 2 aromatic rings. The molecule has 7 heteroatoms. The molecule has 3 rings (SSSR count). The molecule has 1 heterocycles. The van der Waals surface area contributed by atoms with Crippen LogP contribution in [0.4, 0.5) is 0 Å². The van der Waals surface area contributed by atoms with Crippen LogP contribution in [0, 0.1) is 0 Å². The van der Waals surface area contributed by atoms with Crippen molar-refractivity contribution in [2.45, 2.75) is 44.7 Å². The van der Waals surface area contributed by atoms with Gasteiger partial charge in [-0.1, -0.05) is 18.5 Å². The molecule has 0 aliphatic heterocycles. The van der Waals surface area contributed by atoms with Crippen LogP contribution in [0.1, 0.15) is 44.2 Å². The van der Waals surface area contributed by atoms with E-state index in [-0.39, 0.29) is 18.0 Å². The van der Waals surface area contributed by atoms with Gasteiger partial charge in [0, 0.05) is 24.5 Å². The van der Waals surface area contributed by atoms with Gasteiger partial charge in [-0.05, 0) is 49.5 Å². The molecule has 1 amide bonds. The van der Waals surface area contributed by atoms with Crippen LogP contribution in [0.3, 0.4) is 0 Å². The maximum atomic E-state index is 12.4. The highest BCUT2D eigenvalue weighted by molar-refractivity contribution is 6.32. The van der Waals surface area contributed by atoms with Crippen LogP contribution in [-0.2, 0) is 4.79 Å². The fourth-order valence-corrected chi connectivity index (χ4v) is 3.79. The first-order chi connectivity index (χ1) is 13.6. The number of aromatic nitrogens is 2. The van der Waals surface area contributed by atoms with Gasteiger partial charge in [0.15, 0.2) is 11.5 Å². The summed E-state index contributed by atoms with van der Waals surface area (Å²) in [5, 5.41) is 3.57. The minimum Gasteiger partial charge on any atom is -0.493 e. The molecule has 2 unspecified atom stereocenters. The van der Waals surface area contributed by atoms with Crippen molar-refractivity contribution in [3.05, 3.63) is 47.5 Å². The second-order valence-electron chi connectivity index (χ2n) is 6.84. The molecule has 1 N–H and O–H groups in total. The Labute approximate surface area is 170 Å². The third-order valence-corrected chi connectivity index (χ3v) is 5.13. The summed E-state index contributed by atoms with van der Waals surface area (Å²) in [4.78, 5) is 16.5. The van der Waals surface area contributed by atoms with Crippen LogP contribution in [-0.4, -0.2) is 35.2 Å². The highest BCUT2D eigenvalue weighted by Gasteiger charge is 2.29. The number of benzene rings is 1. The zero-order valence-corrected chi connectivity index (χ0v) is 17.0. The average molecular weight is 404 g/mol. The SMILES string of the molecule is CCCOc1c(Cl)cc(/C=C/C(=O)NC2CCCC2n2ccnc2)cc1OC. The van der Waals surface area contributed by atoms with Gasteiger partial charge in [0.05, 0.1) is 31.1 Å². The molecule has 0 bridgehead atoms. The number of methoxy groups -OCH3 is 1. The number of halogens is 1. The molecule has 1 saturated carbocycles. The molecule has 1 aliphatic rings. The van der Waals surface area contributed by atoms with Gasteiger partial charge in [0.25, 0.3) is 0 Å². The van der Waals surface area contributed by atoms with E-state index < -0.39 is 0 Å². The fourth-order valence-electron chi connectivity index (χ4n) is 3.51. The van der Waals surface area contributed by atoms with E-state index in [9.17, 15) is 4.79 Å². The zero-order chi connectivity index (χ0) is 19.9. The lowest BCUT2D eigenvalue weighted by Gasteiger charge is -2.21. The number of rotatable bonds is 8. The van der Waals surface area contributed by atoms with Gasteiger partial charge in [-0.2, -0.15) is 0 Å². The minimum absolute atomic E-state index is 0.106. The summed E-state index contributed by atoms with van der Waals surface area (Å²) in [6.07, 6.45) is 12.7. The monoisotopic (exact) mass is 403 g/mol. The van der Waals surface area contributed by atoms with Crippen molar-refractivity contribution in [1.82, 2.24) is 14.9 Å². The first-order valence-electron chi connectivity index (χ1n) is 9.58. The Hall–Kier alpha value is -2.47. The summed E-state index contributed by atoms with van der Waals surface area (Å²) < 4.78 is 13.1. The summed E-state index contributed by atoms with van der Waals surface area (Å²) in [5.74, 6) is 0.956. The number of nitrogens with one attached hydrogen (secondary N) is 1. The molecule has 28 heavy (non-hydrogen) atoms. The second-order valence-corrected chi connectivity index (χ2v) is 7.25. The van der Waals surface area contributed by atoms with Gasteiger partial charge >= 0.3 is 0 Å². The van der Waals surface area contributed by atoms with Gasteiger partial charge in [-0.25, -0.2) is 4.98 Å². The van der Waals surface area contributed by atoms with Crippen molar-refractivity contribution in [1.29, 1.82) is 0 Å². The Morgan fingerprint density at radius 2 is 2.29 bits per heavy atom. The fraction of sp³-hybridized carbons (Fsp3) is 0.429. The van der Waals surface area contributed by atoms with Gasteiger partial charge in [0.1, 0.15) is 0 Å². The van der Waals surface area contributed by atoms with E-state index >= 15 is 0 Å². The maximum absolute atomic E-state index is 12.4. The van der Waals surface area contributed by atoms with Crippen LogP contribution in [0.5, 0.6) is 11.5 Å². The quantitative estimate of drug-likeness (QED) is 0.669. The summed E-state index contributed by atoms with van der Waals surface area (Å²) >= 11 is 6.33. The number of hydrogen-bond acceptors (Lipinski definition) is 4. The highest BCUT2D eigenvalue weighted by Crippen LogP contribution is 2.37. The number of imidazole rings is 1. The maximum Gasteiger partial charge on any atom is 0.244 e. The van der Waals surface area contributed by atoms with Gasteiger partial charge in [-0.15, -0.1) is 0 Å². The molecule has 0 saturated heterocycles. The Kier molecular flexibility index (Phi) is 6.98. The standard InChI is InChI=1S/C21H26ClN3O3/c1-3-11-28-21-16(22)12-15(13-19(21)27-2)7-8-20(26)24-17-5-4-6-18(17)25-10-9-23-14-25/h7-10,12-14,17-18H,3-6,11H2,1-2H3,(H,24,26)/b8-7+. The summed E-state index contributed by atoms with van der Waals surface area (Å²) in [5.41, 5.74) is 0.776. The smallest absolute Gasteiger partial charge is 0.244 e. The van der Waals surface area contributed by atoms with E-state index in [1.807, 2.05) is 19.2 Å². The van der Waals surface area contributed by atoms with Crippen molar-refractivity contribution >= 4 is 23.6 Å². The lowest BCUT2D eigenvalue weighted by atomic mass is 10.1. The topological polar surface area (TPSA) is 65.4 Å². The average Bonchev–Trinajstić information content (AvgIpc) is 3.36.